The molecule has 0 amide bonds. The number of benzene rings is 9. The minimum Gasteiger partial charge on any atom is -0.309 e. The fourth-order valence-electron chi connectivity index (χ4n) is 9.35. The van der Waals surface area contributed by atoms with Crippen molar-refractivity contribution in [2.45, 2.75) is 0 Å². The summed E-state index contributed by atoms with van der Waals surface area (Å²) in [6.45, 7) is 0. The van der Waals surface area contributed by atoms with E-state index in [2.05, 4.69) is 228 Å². The Balaban J connectivity index is 0.977. The summed E-state index contributed by atoms with van der Waals surface area (Å²) in [6, 6.07) is 82.1. The molecule has 4 heteroatoms. The molecule has 0 aliphatic heterocycles. The normalized spacial score (nSPS) is 11.5. The summed E-state index contributed by atoms with van der Waals surface area (Å²) < 4.78 is 4.81. The van der Waals surface area contributed by atoms with E-state index in [4.69, 9.17) is 9.97 Å². The zero-order valence-electron chi connectivity index (χ0n) is 33.7. The lowest BCUT2D eigenvalue weighted by atomic mass is 9.98. The van der Waals surface area contributed by atoms with E-state index < -0.39 is 0 Å². The van der Waals surface area contributed by atoms with Crippen LogP contribution in [-0.4, -0.2) is 19.1 Å². The fourth-order valence-corrected chi connectivity index (χ4v) is 9.35. The Bertz CT molecular complexity index is 3550. The van der Waals surface area contributed by atoms with Crippen LogP contribution in [-0.2, 0) is 0 Å². The van der Waals surface area contributed by atoms with E-state index in [-0.39, 0.29) is 0 Å². The second-order valence-electron chi connectivity index (χ2n) is 15.8. The second-order valence-corrected chi connectivity index (χ2v) is 15.8. The fraction of sp³-hybridized carbons (Fsp3) is 0. The molecule has 0 spiro atoms. The number of aromatic nitrogens is 4. The molecule has 9 aromatic carbocycles. The largest absolute Gasteiger partial charge is 0.309 e. The van der Waals surface area contributed by atoms with Gasteiger partial charge in [0.25, 0.3) is 0 Å². The first kappa shape index (κ1) is 35.6. The van der Waals surface area contributed by atoms with Gasteiger partial charge < -0.3 is 9.13 Å². The Morgan fingerprint density at radius 2 is 0.694 bits per heavy atom. The molecule has 3 aromatic heterocycles. The van der Waals surface area contributed by atoms with E-state index >= 15 is 0 Å². The molecule has 12 aromatic rings. The zero-order chi connectivity index (χ0) is 41.0. The highest BCUT2D eigenvalue weighted by molar-refractivity contribution is 6.17. The minimum absolute atomic E-state index is 0.701. The lowest BCUT2D eigenvalue weighted by Gasteiger charge is -2.12. The minimum atomic E-state index is 0.701. The maximum Gasteiger partial charge on any atom is 0.160 e. The zero-order valence-corrected chi connectivity index (χ0v) is 33.7. The van der Waals surface area contributed by atoms with Crippen molar-refractivity contribution in [1.29, 1.82) is 0 Å². The highest BCUT2D eigenvalue weighted by Gasteiger charge is 2.19. The Labute approximate surface area is 359 Å². The van der Waals surface area contributed by atoms with E-state index in [9.17, 15) is 0 Å². The molecule has 0 aliphatic rings. The summed E-state index contributed by atoms with van der Waals surface area (Å²) in [5.74, 6) is 0.701. The molecule has 0 saturated carbocycles. The summed E-state index contributed by atoms with van der Waals surface area (Å²) in [7, 11) is 0. The van der Waals surface area contributed by atoms with E-state index in [0.717, 1.165) is 50.5 Å². The van der Waals surface area contributed by atoms with Crippen LogP contribution in [0, 0.1) is 0 Å². The van der Waals surface area contributed by atoms with E-state index in [1.807, 2.05) is 12.1 Å². The van der Waals surface area contributed by atoms with Crippen LogP contribution in [0.1, 0.15) is 0 Å². The van der Waals surface area contributed by atoms with Crippen molar-refractivity contribution in [1.82, 2.24) is 19.1 Å². The van der Waals surface area contributed by atoms with Gasteiger partial charge >= 0.3 is 0 Å². The van der Waals surface area contributed by atoms with Crippen LogP contribution in [0.15, 0.2) is 231 Å². The van der Waals surface area contributed by atoms with Crippen molar-refractivity contribution < 1.29 is 0 Å². The van der Waals surface area contributed by atoms with Crippen LogP contribution in [0.5, 0.6) is 0 Å². The lowest BCUT2D eigenvalue weighted by Crippen LogP contribution is -1.96. The highest BCUT2D eigenvalue weighted by atomic mass is 15.0. The summed E-state index contributed by atoms with van der Waals surface area (Å²) in [5, 5.41) is 4.94. The molecule has 0 radical (unpaired) electrons. The van der Waals surface area contributed by atoms with Crippen molar-refractivity contribution in [3.8, 4) is 67.5 Å². The van der Waals surface area contributed by atoms with E-state index in [1.165, 1.54) is 54.8 Å². The van der Waals surface area contributed by atoms with Gasteiger partial charge in [0, 0.05) is 49.6 Å². The molecule has 290 valence electrons. The summed E-state index contributed by atoms with van der Waals surface area (Å²) in [5.41, 5.74) is 16.6. The summed E-state index contributed by atoms with van der Waals surface area (Å²) in [4.78, 5) is 10.2. The molecule has 0 aliphatic carbocycles. The molecular formula is C58H38N4. The van der Waals surface area contributed by atoms with Gasteiger partial charge in [0.2, 0.25) is 0 Å². The Hall–Kier alpha value is -8.34. The first-order valence-electron chi connectivity index (χ1n) is 21.1. The van der Waals surface area contributed by atoms with Gasteiger partial charge in [0.15, 0.2) is 5.82 Å². The molecular weight excluding hydrogens is 753 g/mol. The molecule has 0 unspecified atom stereocenters. The number of nitrogens with zero attached hydrogens (tertiary/aromatic N) is 4. The van der Waals surface area contributed by atoms with Crippen LogP contribution >= 0.6 is 0 Å². The second kappa shape index (κ2) is 14.7. The highest BCUT2D eigenvalue weighted by Crippen LogP contribution is 2.42. The maximum absolute atomic E-state index is 5.09. The molecule has 0 bridgehead atoms. The van der Waals surface area contributed by atoms with Crippen molar-refractivity contribution in [3.05, 3.63) is 231 Å². The van der Waals surface area contributed by atoms with Gasteiger partial charge in [-0.3, -0.25) is 0 Å². The van der Waals surface area contributed by atoms with Gasteiger partial charge in [0.05, 0.1) is 33.5 Å². The molecule has 0 saturated heterocycles. The van der Waals surface area contributed by atoms with Crippen LogP contribution in [0.25, 0.3) is 111 Å². The van der Waals surface area contributed by atoms with Crippen LogP contribution in [0.4, 0.5) is 0 Å². The van der Waals surface area contributed by atoms with Gasteiger partial charge in [0.1, 0.15) is 0 Å². The lowest BCUT2D eigenvalue weighted by molar-refractivity contribution is 1.18. The van der Waals surface area contributed by atoms with Crippen molar-refractivity contribution in [3.63, 3.8) is 0 Å². The quantitative estimate of drug-likeness (QED) is 0.161. The van der Waals surface area contributed by atoms with Gasteiger partial charge in [-0.15, -0.1) is 0 Å². The smallest absolute Gasteiger partial charge is 0.160 e. The molecule has 62 heavy (non-hydrogen) atoms. The first-order chi connectivity index (χ1) is 30.8. The van der Waals surface area contributed by atoms with Gasteiger partial charge in [-0.2, -0.15) is 0 Å². The van der Waals surface area contributed by atoms with Crippen LogP contribution < -0.4 is 0 Å². The van der Waals surface area contributed by atoms with E-state index in [1.54, 1.807) is 0 Å². The van der Waals surface area contributed by atoms with Crippen LogP contribution in [0.3, 0.4) is 0 Å². The Kier molecular flexibility index (Phi) is 8.46. The summed E-state index contributed by atoms with van der Waals surface area (Å²) >= 11 is 0. The number of fused-ring (bicyclic) bond motifs is 6. The van der Waals surface area contributed by atoms with Gasteiger partial charge in [-0.25, -0.2) is 9.97 Å². The molecule has 0 atom stereocenters. The topological polar surface area (TPSA) is 35.6 Å². The van der Waals surface area contributed by atoms with Crippen LogP contribution in [0.2, 0.25) is 0 Å². The first-order valence-corrected chi connectivity index (χ1v) is 21.1. The molecule has 12 rings (SSSR count). The predicted octanol–water partition coefficient (Wildman–Crippen LogP) is 15.0. The van der Waals surface area contributed by atoms with Gasteiger partial charge in [-0.05, 0) is 76.9 Å². The average molecular weight is 791 g/mol. The summed E-state index contributed by atoms with van der Waals surface area (Å²) in [6.07, 6.45) is 0. The van der Waals surface area contributed by atoms with Gasteiger partial charge in [-0.1, -0.05) is 176 Å². The SMILES string of the molecule is c1ccc(-c2cc(-c3ccccc3)nc(-c3ccc(-c4cccc5c4c4ccccc4n5-c4cccc(-c5cccc6c5c5ccccc5n6-c5ccccc5)c4)cc3)n2)cc1. The Morgan fingerprint density at radius 1 is 0.274 bits per heavy atom. The third-order valence-corrected chi connectivity index (χ3v) is 12.1. The third kappa shape index (κ3) is 5.92. The predicted molar refractivity (Wildman–Crippen MR) is 258 cm³/mol. The Morgan fingerprint density at radius 3 is 1.27 bits per heavy atom. The van der Waals surface area contributed by atoms with Crippen molar-refractivity contribution in [2.75, 3.05) is 0 Å². The number of para-hydroxylation sites is 3. The third-order valence-electron chi connectivity index (χ3n) is 12.1. The maximum atomic E-state index is 5.09. The number of hydrogen-bond donors (Lipinski definition) is 0. The number of hydrogen-bond acceptors (Lipinski definition) is 2. The van der Waals surface area contributed by atoms with E-state index in [0.29, 0.717) is 5.82 Å². The molecule has 0 fully saturated rings. The van der Waals surface area contributed by atoms with Crippen molar-refractivity contribution >= 4 is 43.6 Å². The monoisotopic (exact) mass is 790 g/mol. The van der Waals surface area contributed by atoms with Crippen molar-refractivity contribution in [2.24, 2.45) is 0 Å². The molecule has 0 N–H and O–H groups in total. The molecule has 3 heterocycles. The average Bonchev–Trinajstić information content (AvgIpc) is 3.88. The number of rotatable bonds is 7. The standard InChI is InChI=1S/C58H38N4/c1-4-17-40(18-5-1)50-38-51(41-19-6-2-7-20-41)60-58(59-50)42-35-33-39(34-36-42)46-27-15-32-55-56(46)49-26-11-13-30-53(49)62(55)45-24-14-21-43(37-45)47-28-16-31-54-57(47)48-25-10-12-29-52(48)61(54)44-22-8-3-9-23-44/h1-38H. The molecule has 4 nitrogen and oxygen atoms in total.